The third-order valence-electron chi connectivity index (χ3n) is 3.81. The Morgan fingerprint density at radius 2 is 2.15 bits per heavy atom. The minimum Gasteiger partial charge on any atom is -0.377 e. The first-order valence-corrected chi connectivity index (χ1v) is 6.69. The van der Waals surface area contributed by atoms with Crippen LogP contribution in [0.15, 0.2) is 24.3 Å². The number of ether oxygens (including phenoxy) is 1. The van der Waals surface area contributed by atoms with Gasteiger partial charge in [-0.1, -0.05) is 18.2 Å². The zero-order valence-electron chi connectivity index (χ0n) is 11.0. The van der Waals surface area contributed by atoms with Gasteiger partial charge in [-0.25, -0.2) is 0 Å². The van der Waals surface area contributed by atoms with Crippen LogP contribution in [0.25, 0.3) is 0 Å². The van der Waals surface area contributed by atoms with E-state index < -0.39 is 11.9 Å². The van der Waals surface area contributed by atoms with Crippen molar-refractivity contribution in [1.29, 1.82) is 0 Å². The molecule has 106 valence electrons. The third-order valence-corrected chi connectivity index (χ3v) is 3.81. The SMILES string of the molecule is NC(=O)C1COCCN1C(=O)[C@@H]1Cc2ccccc2N1. The zero-order chi connectivity index (χ0) is 14.1. The number of nitrogens with two attached hydrogens (primary N) is 1. The van der Waals surface area contributed by atoms with Crippen LogP contribution in [-0.4, -0.2) is 48.6 Å². The molecular formula is C14H17N3O3. The van der Waals surface area contributed by atoms with Gasteiger partial charge in [0.2, 0.25) is 11.8 Å². The van der Waals surface area contributed by atoms with E-state index in [2.05, 4.69) is 5.32 Å². The van der Waals surface area contributed by atoms with E-state index in [4.69, 9.17) is 10.5 Å². The minimum absolute atomic E-state index is 0.0895. The predicted octanol–water partition coefficient (Wildman–Crippen LogP) is -0.264. The summed E-state index contributed by atoms with van der Waals surface area (Å²) in [6.07, 6.45) is 0.637. The highest BCUT2D eigenvalue weighted by atomic mass is 16.5. The van der Waals surface area contributed by atoms with Crippen molar-refractivity contribution in [3.8, 4) is 0 Å². The molecule has 0 spiro atoms. The third kappa shape index (κ3) is 2.22. The highest BCUT2D eigenvalue weighted by molar-refractivity contribution is 5.92. The number of hydrogen-bond donors (Lipinski definition) is 2. The average Bonchev–Trinajstić information content (AvgIpc) is 2.90. The number of amides is 2. The fraction of sp³-hybridized carbons (Fsp3) is 0.429. The number of nitrogens with one attached hydrogen (secondary N) is 1. The second-order valence-corrected chi connectivity index (χ2v) is 5.08. The lowest BCUT2D eigenvalue weighted by molar-refractivity contribution is -0.147. The molecule has 1 saturated heterocycles. The Morgan fingerprint density at radius 3 is 2.90 bits per heavy atom. The van der Waals surface area contributed by atoms with Crippen LogP contribution >= 0.6 is 0 Å². The van der Waals surface area contributed by atoms with Crippen LogP contribution in [0.3, 0.4) is 0 Å². The highest BCUT2D eigenvalue weighted by Crippen LogP contribution is 2.26. The van der Waals surface area contributed by atoms with Crippen molar-refractivity contribution in [2.45, 2.75) is 18.5 Å². The van der Waals surface area contributed by atoms with Crippen LogP contribution in [0.5, 0.6) is 0 Å². The molecule has 2 heterocycles. The standard InChI is InChI=1S/C14H17N3O3/c15-13(18)12-8-20-6-5-17(12)14(19)11-7-9-3-1-2-4-10(9)16-11/h1-4,11-12,16H,5-8H2,(H2,15,18)/t11-,12?/m0/s1. The van der Waals surface area contributed by atoms with Gasteiger partial charge in [0.25, 0.3) is 0 Å². The summed E-state index contributed by atoms with van der Waals surface area (Å²) in [6.45, 7) is 1.02. The molecule has 0 aromatic heterocycles. The summed E-state index contributed by atoms with van der Waals surface area (Å²) in [5, 5.41) is 3.21. The first kappa shape index (κ1) is 12.9. The van der Waals surface area contributed by atoms with Crippen molar-refractivity contribution in [2.75, 3.05) is 25.1 Å². The lowest BCUT2D eigenvalue weighted by atomic mass is 10.1. The van der Waals surface area contributed by atoms with Gasteiger partial charge < -0.3 is 20.7 Å². The number of carbonyl (C=O) groups excluding carboxylic acids is 2. The molecule has 3 N–H and O–H groups in total. The molecule has 1 unspecified atom stereocenters. The number of fused-ring (bicyclic) bond motifs is 1. The lowest BCUT2D eigenvalue weighted by Crippen LogP contribution is -2.57. The van der Waals surface area contributed by atoms with Crippen molar-refractivity contribution in [3.05, 3.63) is 29.8 Å². The van der Waals surface area contributed by atoms with Crippen LogP contribution in [0, 0.1) is 0 Å². The average molecular weight is 275 g/mol. The molecule has 0 aliphatic carbocycles. The number of anilines is 1. The maximum Gasteiger partial charge on any atom is 0.246 e. The molecule has 20 heavy (non-hydrogen) atoms. The molecule has 1 aromatic rings. The van der Waals surface area contributed by atoms with E-state index in [-0.39, 0.29) is 18.6 Å². The summed E-state index contributed by atoms with van der Waals surface area (Å²) in [7, 11) is 0. The van der Waals surface area contributed by atoms with E-state index in [1.807, 2.05) is 24.3 Å². The maximum atomic E-state index is 12.6. The molecule has 2 atom stereocenters. The van der Waals surface area contributed by atoms with Crippen molar-refractivity contribution in [1.82, 2.24) is 4.90 Å². The van der Waals surface area contributed by atoms with Crippen LogP contribution < -0.4 is 11.1 Å². The summed E-state index contributed by atoms with van der Waals surface area (Å²) in [4.78, 5) is 25.6. The molecule has 0 saturated carbocycles. The van der Waals surface area contributed by atoms with Crippen LogP contribution in [0.2, 0.25) is 0 Å². The van der Waals surface area contributed by atoms with E-state index in [9.17, 15) is 9.59 Å². The van der Waals surface area contributed by atoms with Gasteiger partial charge in [0.1, 0.15) is 12.1 Å². The molecule has 2 aliphatic heterocycles. The number of rotatable bonds is 2. The number of carbonyl (C=O) groups is 2. The van der Waals surface area contributed by atoms with Gasteiger partial charge in [-0.2, -0.15) is 0 Å². The first-order valence-electron chi connectivity index (χ1n) is 6.69. The summed E-state index contributed by atoms with van der Waals surface area (Å²) in [6, 6.07) is 6.84. The first-order chi connectivity index (χ1) is 9.66. The van der Waals surface area contributed by atoms with E-state index in [0.29, 0.717) is 19.6 Å². The van der Waals surface area contributed by atoms with Gasteiger partial charge in [0.15, 0.2) is 0 Å². The number of nitrogens with zero attached hydrogens (tertiary/aromatic N) is 1. The molecule has 0 radical (unpaired) electrons. The molecule has 2 aliphatic rings. The number of morpholine rings is 1. The largest absolute Gasteiger partial charge is 0.377 e. The van der Waals surface area contributed by atoms with E-state index >= 15 is 0 Å². The van der Waals surface area contributed by atoms with Gasteiger partial charge in [0, 0.05) is 18.7 Å². The molecule has 1 aromatic carbocycles. The molecule has 6 heteroatoms. The smallest absolute Gasteiger partial charge is 0.246 e. The molecular weight excluding hydrogens is 258 g/mol. The topological polar surface area (TPSA) is 84.7 Å². The Balaban J connectivity index is 1.75. The Hall–Kier alpha value is -2.08. The van der Waals surface area contributed by atoms with Crippen LogP contribution in [0.4, 0.5) is 5.69 Å². The molecule has 3 rings (SSSR count). The quantitative estimate of drug-likeness (QED) is 0.778. The Morgan fingerprint density at radius 1 is 1.35 bits per heavy atom. The van der Waals surface area contributed by atoms with Crippen molar-refractivity contribution >= 4 is 17.5 Å². The Bertz CT molecular complexity index is 521. The molecule has 0 bridgehead atoms. The summed E-state index contributed by atoms with van der Waals surface area (Å²) in [5.74, 6) is -0.609. The minimum atomic E-state index is -0.665. The van der Waals surface area contributed by atoms with Crippen LogP contribution in [0.1, 0.15) is 5.56 Å². The van der Waals surface area contributed by atoms with Gasteiger partial charge >= 0.3 is 0 Å². The molecule has 6 nitrogen and oxygen atoms in total. The van der Waals surface area contributed by atoms with Crippen LogP contribution in [-0.2, 0) is 20.7 Å². The molecule has 1 fully saturated rings. The number of hydrogen-bond acceptors (Lipinski definition) is 4. The van der Waals surface area contributed by atoms with Gasteiger partial charge in [-0.15, -0.1) is 0 Å². The van der Waals surface area contributed by atoms with Gasteiger partial charge in [-0.3, -0.25) is 9.59 Å². The summed E-state index contributed by atoms with van der Waals surface area (Å²) < 4.78 is 5.23. The van der Waals surface area contributed by atoms with E-state index in [0.717, 1.165) is 11.3 Å². The fourth-order valence-electron chi connectivity index (χ4n) is 2.75. The second-order valence-electron chi connectivity index (χ2n) is 5.08. The number of primary amides is 1. The van der Waals surface area contributed by atoms with Crippen molar-refractivity contribution in [3.63, 3.8) is 0 Å². The highest BCUT2D eigenvalue weighted by Gasteiger charge is 2.37. The summed E-state index contributed by atoms with van der Waals surface area (Å²) in [5.41, 5.74) is 7.45. The Labute approximate surface area is 116 Å². The lowest BCUT2D eigenvalue weighted by Gasteiger charge is -2.35. The Kier molecular flexibility index (Phi) is 3.31. The van der Waals surface area contributed by atoms with E-state index in [1.54, 1.807) is 0 Å². The monoisotopic (exact) mass is 275 g/mol. The zero-order valence-corrected chi connectivity index (χ0v) is 11.0. The predicted molar refractivity (Wildman–Crippen MR) is 73.1 cm³/mol. The number of para-hydroxylation sites is 1. The van der Waals surface area contributed by atoms with Crippen molar-refractivity contribution < 1.29 is 14.3 Å². The van der Waals surface area contributed by atoms with E-state index in [1.165, 1.54) is 4.90 Å². The van der Waals surface area contributed by atoms with Gasteiger partial charge in [-0.05, 0) is 11.6 Å². The second kappa shape index (κ2) is 5.13. The number of benzene rings is 1. The normalized spacial score (nSPS) is 24.9. The molecule has 2 amide bonds. The van der Waals surface area contributed by atoms with Gasteiger partial charge in [0.05, 0.1) is 13.2 Å². The maximum absolute atomic E-state index is 12.6. The summed E-state index contributed by atoms with van der Waals surface area (Å²) >= 11 is 0. The fourth-order valence-corrected chi connectivity index (χ4v) is 2.75. The van der Waals surface area contributed by atoms with Crippen molar-refractivity contribution in [2.24, 2.45) is 5.73 Å².